The van der Waals surface area contributed by atoms with Crippen molar-refractivity contribution in [1.29, 1.82) is 0 Å². The molecule has 1 aromatic carbocycles. The predicted octanol–water partition coefficient (Wildman–Crippen LogP) is 2.36. The van der Waals surface area contributed by atoms with Gasteiger partial charge in [-0.15, -0.1) is 11.3 Å². The average molecular weight is 206 g/mol. The third kappa shape index (κ3) is 1.79. The van der Waals surface area contributed by atoms with Gasteiger partial charge in [-0.1, -0.05) is 13.0 Å². The van der Waals surface area contributed by atoms with Crippen LogP contribution in [0.4, 0.5) is 0 Å². The number of nitrogens with two attached hydrogens (primary N) is 1. The van der Waals surface area contributed by atoms with Crippen LogP contribution in [0.25, 0.3) is 10.2 Å². The molecule has 2 aromatic rings. The topological polar surface area (TPSA) is 38.9 Å². The summed E-state index contributed by atoms with van der Waals surface area (Å²) >= 11 is 1.79. The highest BCUT2D eigenvalue weighted by Gasteiger charge is 2.02. The zero-order valence-corrected chi connectivity index (χ0v) is 9.10. The first-order valence-corrected chi connectivity index (χ1v) is 5.73. The molecule has 0 spiro atoms. The first-order valence-electron chi connectivity index (χ1n) is 4.92. The number of thiazole rings is 1. The number of benzene rings is 1. The summed E-state index contributed by atoms with van der Waals surface area (Å²) < 4.78 is 1.28. The Kier molecular flexibility index (Phi) is 2.79. The van der Waals surface area contributed by atoms with Gasteiger partial charge >= 0.3 is 0 Å². The van der Waals surface area contributed by atoms with Crippen LogP contribution >= 0.6 is 11.3 Å². The summed E-state index contributed by atoms with van der Waals surface area (Å²) in [5.74, 6) is 0. The SMILES string of the molecule is CCc1nc2ccc(CCN)cc2s1. The van der Waals surface area contributed by atoms with Gasteiger partial charge in [0.05, 0.1) is 15.2 Å². The van der Waals surface area contributed by atoms with E-state index in [2.05, 4.69) is 30.1 Å². The highest BCUT2D eigenvalue weighted by atomic mass is 32.1. The van der Waals surface area contributed by atoms with Gasteiger partial charge in [-0.25, -0.2) is 4.98 Å². The van der Waals surface area contributed by atoms with Crippen molar-refractivity contribution < 1.29 is 0 Å². The van der Waals surface area contributed by atoms with E-state index in [9.17, 15) is 0 Å². The van der Waals surface area contributed by atoms with E-state index < -0.39 is 0 Å². The molecular formula is C11H14N2S. The quantitative estimate of drug-likeness (QED) is 0.837. The van der Waals surface area contributed by atoms with Crippen LogP contribution in [0.3, 0.4) is 0 Å². The minimum absolute atomic E-state index is 0.713. The number of rotatable bonds is 3. The molecular weight excluding hydrogens is 192 g/mol. The number of fused-ring (bicyclic) bond motifs is 1. The van der Waals surface area contributed by atoms with Gasteiger partial charge in [-0.3, -0.25) is 0 Å². The van der Waals surface area contributed by atoms with Crippen molar-refractivity contribution in [2.24, 2.45) is 5.73 Å². The third-order valence-corrected chi connectivity index (χ3v) is 3.40. The molecule has 2 N–H and O–H groups in total. The Labute approximate surface area is 87.8 Å². The van der Waals surface area contributed by atoms with Gasteiger partial charge in [0.15, 0.2) is 0 Å². The summed E-state index contributed by atoms with van der Waals surface area (Å²) in [6.45, 7) is 2.85. The van der Waals surface area contributed by atoms with Crippen LogP contribution in [0.5, 0.6) is 0 Å². The molecule has 0 radical (unpaired) electrons. The molecule has 14 heavy (non-hydrogen) atoms. The lowest BCUT2D eigenvalue weighted by Gasteiger charge is -1.96. The molecule has 1 aromatic heterocycles. The Bertz CT molecular complexity index is 434. The molecule has 0 saturated carbocycles. The van der Waals surface area contributed by atoms with Crippen LogP contribution in [-0.2, 0) is 12.8 Å². The maximum Gasteiger partial charge on any atom is 0.0935 e. The fraction of sp³-hybridized carbons (Fsp3) is 0.364. The van der Waals surface area contributed by atoms with Gasteiger partial charge in [0, 0.05) is 0 Å². The van der Waals surface area contributed by atoms with Crippen molar-refractivity contribution in [2.75, 3.05) is 6.54 Å². The monoisotopic (exact) mass is 206 g/mol. The zero-order valence-electron chi connectivity index (χ0n) is 8.29. The molecule has 0 bridgehead atoms. The van der Waals surface area contributed by atoms with Gasteiger partial charge in [0.1, 0.15) is 0 Å². The van der Waals surface area contributed by atoms with Gasteiger partial charge in [-0.2, -0.15) is 0 Å². The summed E-state index contributed by atoms with van der Waals surface area (Å²) in [6, 6.07) is 6.42. The van der Waals surface area contributed by atoms with E-state index in [0.29, 0.717) is 6.54 Å². The van der Waals surface area contributed by atoms with Crippen molar-refractivity contribution in [3.8, 4) is 0 Å². The van der Waals surface area contributed by atoms with E-state index in [-0.39, 0.29) is 0 Å². The number of hydrogen-bond acceptors (Lipinski definition) is 3. The largest absolute Gasteiger partial charge is 0.330 e. The molecule has 0 amide bonds. The third-order valence-electron chi connectivity index (χ3n) is 2.23. The molecule has 0 unspecified atom stereocenters. The van der Waals surface area contributed by atoms with E-state index in [1.54, 1.807) is 11.3 Å². The van der Waals surface area contributed by atoms with Crippen molar-refractivity contribution >= 4 is 21.6 Å². The second-order valence-corrected chi connectivity index (χ2v) is 4.42. The van der Waals surface area contributed by atoms with Crippen LogP contribution in [0.2, 0.25) is 0 Å². The summed E-state index contributed by atoms with van der Waals surface area (Å²) in [6.07, 6.45) is 1.97. The van der Waals surface area contributed by atoms with Crippen molar-refractivity contribution in [3.63, 3.8) is 0 Å². The fourth-order valence-corrected chi connectivity index (χ4v) is 2.46. The van der Waals surface area contributed by atoms with Crippen molar-refractivity contribution in [3.05, 3.63) is 28.8 Å². The maximum absolute atomic E-state index is 5.52. The van der Waals surface area contributed by atoms with E-state index >= 15 is 0 Å². The predicted molar refractivity (Wildman–Crippen MR) is 61.8 cm³/mol. The first kappa shape index (κ1) is 9.62. The summed E-state index contributed by atoms with van der Waals surface area (Å²) in [5, 5.41) is 1.21. The lowest BCUT2D eigenvalue weighted by Crippen LogP contribution is -2.02. The maximum atomic E-state index is 5.52. The van der Waals surface area contributed by atoms with Crippen molar-refractivity contribution in [1.82, 2.24) is 4.98 Å². The second kappa shape index (κ2) is 4.07. The van der Waals surface area contributed by atoms with E-state index in [4.69, 9.17) is 5.73 Å². The molecule has 0 aliphatic rings. The molecule has 0 fully saturated rings. The number of nitrogens with zero attached hydrogens (tertiary/aromatic N) is 1. The number of hydrogen-bond donors (Lipinski definition) is 1. The molecule has 74 valence electrons. The van der Waals surface area contributed by atoms with E-state index in [0.717, 1.165) is 18.4 Å². The van der Waals surface area contributed by atoms with E-state index in [1.165, 1.54) is 15.3 Å². The Balaban J connectivity index is 2.43. The summed E-state index contributed by atoms with van der Waals surface area (Å²) in [4.78, 5) is 4.52. The fourth-order valence-electron chi connectivity index (χ4n) is 1.49. The molecule has 0 saturated heterocycles. The first-order chi connectivity index (χ1) is 6.83. The standard InChI is InChI=1S/C11H14N2S/c1-2-11-13-9-4-3-8(5-6-12)7-10(9)14-11/h3-4,7H,2,5-6,12H2,1H3. The Hall–Kier alpha value is -0.930. The van der Waals surface area contributed by atoms with Gasteiger partial charge in [-0.05, 0) is 37.1 Å². The Morgan fingerprint density at radius 3 is 3.00 bits per heavy atom. The minimum Gasteiger partial charge on any atom is -0.330 e. The van der Waals surface area contributed by atoms with Gasteiger partial charge in [0.25, 0.3) is 0 Å². The molecule has 2 nitrogen and oxygen atoms in total. The second-order valence-electron chi connectivity index (χ2n) is 3.30. The van der Waals surface area contributed by atoms with Crippen LogP contribution in [-0.4, -0.2) is 11.5 Å². The molecule has 2 rings (SSSR count). The van der Waals surface area contributed by atoms with Crippen LogP contribution in [0.15, 0.2) is 18.2 Å². The van der Waals surface area contributed by atoms with Crippen molar-refractivity contribution in [2.45, 2.75) is 19.8 Å². The molecule has 0 atom stereocenters. The van der Waals surface area contributed by atoms with Crippen LogP contribution in [0, 0.1) is 0 Å². The smallest absolute Gasteiger partial charge is 0.0935 e. The molecule has 1 heterocycles. The highest BCUT2D eigenvalue weighted by Crippen LogP contribution is 2.23. The minimum atomic E-state index is 0.713. The zero-order chi connectivity index (χ0) is 9.97. The van der Waals surface area contributed by atoms with Gasteiger partial charge < -0.3 is 5.73 Å². The highest BCUT2D eigenvalue weighted by molar-refractivity contribution is 7.18. The van der Waals surface area contributed by atoms with Crippen LogP contribution in [0.1, 0.15) is 17.5 Å². The lowest BCUT2D eigenvalue weighted by molar-refractivity contribution is 0.971. The number of aromatic nitrogens is 1. The molecule has 3 heteroatoms. The van der Waals surface area contributed by atoms with E-state index in [1.807, 2.05) is 0 Å². The summed E-state index contributed by atoms with van der Waals surface area (Å²) in [7, 11) is 0. The average Bonchev–Trinajstić information content (AvgIpc) is 2.60. The molecule has 0 aliphatic heterocycles. The number of aryl methyl sites for hydroxylation is 1. The summed E-state index contributed by atoms with van der Waals surface area (Å²) in [5.41, 5.74) is 7.95. The Morgan fingerprint density at radius 2 is 2.29 bits per heavy atom. The molecule has 0 aliphatic carbocycles. The van der Waals surface area contributed by atoms with Gasteiger partial charge in [0.2, 0.25) is 0 Å². The normalized spacial score (nSPS) is 11.0. The lowest BCUT2D eigenvalue weighted by atomic mass is 10.1. The Morgan fingerprint density at radius 1 is 1.43 bits per heavy atom. The van der Waals surface area contributed by atoms with Crippen LogP contribution < -0.4 is 5.73 Å².